The summed E-state index contributed by atoms with van der Waals surface area (Å²) in [6, 6.07) is 10.5. The summed E-state index contributed by atoms with van der Waals surface area (Å²) in [5, 5.41) is 14.5. The number of aryl methyl sites for hydroxylation is 1. The van der Waals surface area contributed by atoms with Crippen LogP contribution in [-0.2, 0) is 30.7 Å². The highest BCUT2D eigenvalue weighted by molar-refractivity contribution is 5.98. The quantitative estimate of drug-likeness (QED) is 0.408. The van der Waals surface area contributed by atoms with E-state index in [1.54, 1.807) is 23.1 Å². The fraction of sp³-hybridized carbons (Fsp3) is 0.393. The van der Waals surface area contributed by atoms with Crippen LogP contribution < -0.4 is 15.8 Å². The van der Waals surface area contributed by atoms with E-state index >= 15 is 0 Å². The molecular weight excluding hydrogens is 488 g/mol. The molecule has 3 aromatic rings. The zero-order chi connectivity index (χ0) is 26.6. The van der Waals surface area contributed by atoms with Gasteiger partial charge >= 0.3 is 0 Å². The van der Waals surface area contributed by atoms with Crippen molar-refractivity contribution in [2.24, 2.45) is 5.73 Å². The van der Waals surface area contributed by atoms with Crippen molar-refractivity contribution in [3.63, 3.8) is 0 Å². The molecule has 0 radical (unpaired) electrons. The molecule has 0 bridgehead atoms. The van der Waals surface area contributed by atoms with Gasteiger partial charge in [0.05, 0.1) is 25.0 Å². The number of aliphatic hydroxyl groups excluding tert-OH is 1. The van der Waals surface area contributed by atoms with E-state index in [4.69, 9.17) is 19.6 Å². The lowest BCUT2D eigenvalue weighted by molar-refractivity contribution is 0.0302. The minimum Gasteiger partial charge on any atom is -0.486 e. The van der Waals surface area contributed by atoms with Gasteiger partial charge in [-0.15, -0.1) is 0 Å². The summed E-state index contributed by atoms with van der Waals surface area (Å²) < 4.78 is 16.5. The zero-order valence-electron chi connectivity index (χ0n) is 21.3. The van der Waals surface area contributed by atoms with Crippen LogP contribution in [0.3, 0.4) is 0 Å². The summed E-state index contributed by atoms with van der Waals surface area (Å²) in [4.78, 5) is 30.9. The molecule has 200 valence electrons. The molecule has 0 unspecified atom stereocenters. The van der Waals surface area contributed by atoms with E-state index in [0.29, 0.717) is 68.3 Å². The molecule has 2 atom stereocenters. The average molecular weight is 521 g/mol. The monoisotopic (exact) mass is 520 g/mol. The first-order valence-corrected chi connectivity index (χ1v) is 12.7. The average Bonchev–Trinajstić information content (AvgIpc) is 3.35. The van der Waals surface area contributed by atoms with E-state index < -0.39 is 12.0 Å². The SMILES string of the molecule is Cc1ncoc1COc1ccc2c(c1)CN[C@H]([C@H](O)Cc1cc(C(=O)N3CCOCC3)ccc1C(N)=O)C2. The van der Waals surface area contributed by atoms with Gasteiger partial charge in [0, 0.05) is 43.2 Å². The number of benzene rings is 2. The van der Waals surface area contributed by atoms with Crippen LogP contribution in [0.2, 0.25) is 0 Å². The largest absolute Gasteiger partial charge is 0.486 e. The van der Waals surface area contributed by atoms with E-state index in [2.05, 4.69) is 10.3 Å². The van der Waals surface area contributed by atoms with E-state index in [-0.39, 0.29) is 18.4 Å². The van der Waals surface area contributed by atoms with Crippen molar-refractivity contribution in [3.05, 3.63) is 82.1 Å². The van der Waals surface area contributed by atoms with Gasteiger partial charge < -0.3 is 34.9 Å². The summed E-state index contributed by atoms with van der Waals surface area (Å²) in [7, 11) is 0. The lowest BCUT2D eigenvalue weighted by Gasteiger charge is -2.31. The van der Waals surface area contributed by atoms with Crippen molar-refractivity contribution in [2.75, 3.05) is 26.3 Å². The maximum atomic E-state index is 13.0. The molecule has 1 saturated heterocycles. The van der Waals surface area contributed by atoms with Gasteiger partial charge in [-0.2, -0.15) is 0 Å². The Hall–Kier alpha value is -3.73. The standard InChI is InChI=1S/C28H32N4O6/c1-17-26(38-16-31-17)15-37-22-4-2-18-12-24(30-14-21(18)11-22)25(33)13-20-10-19(3-5-23(20)27(29)34)28(35)32-6-8-36-9-7-32/h2-5,10-11,16,24-25,30,33H,6-9,12-15H2,1H3,(H2,29,34)/t24-,25+/m0/s1. The molecule has 5 rings (SSSR count). The Morgan fingerprint density at radius 2 is 2.03 bits per heavy atom. The second-order valence-electron chi connectivity index (χ2n) is 9.68. The van der Waals surface area contributed by atoms with Gasteiger partial charge in [-0.1, -0.05) is 6.07 Å². The Balaban J connectivity index is 1.26. The fourth-order valence-corrected chi connectivity index (χ4v) is 4.94. The number of morpholine rings is 1. The van der Waals surface area contributed by atoms with E-state index in [1.807, 2.05) is 25.1 Å². The minimum absolute atomic E-state index is 0.124. The number of fused-ring (bicyclic) bond motifs is 1. The van der Waals surface area contributed by atoms with Crippen LogP contribution in [0.1, 0.15) is 48.9 Å². The third kappa shape index (κ3) is 5.72. The lowest BCUT2D eigenvalue weighted by Crippen LogP contribution is -2.45. The van der Waals surface area contributed by atoms with Gasteiger partial charge in [0.25, 0.3) is 5.91 Å². The molecule has 38 heavy (non-hydrogen) atoms. The van der Waals surface area contributed by atoms with Gasteiger partial charge in [0.2, 0.25) is 5.91 Å². The van der Waals surface area contributed by atoms with Crippen molar-refractivity contribution < 1.29 is 28.6 Å². The van der Waals surface area contributed by atoms with Crippen molar-refractivity contribution in [1.29, 1.82) is 0 Å². The Morgan fingerprint density at radius 3 is 2.76 bits per heavy atom. The minimum atomic E-state index is -0.791. The number of aromatic nitrogens is 1. The maximum absolute atomic E-state index is 13.0. The van der Waals surface area contributed by atoms with Gasteiger partial charge in [-0.25, -0.2) is 4.98 Å². The molecule has 2 aliphatic rings. The molecule has 0 saturated carbocycles. The second-order valence-corrected chi connectivity index (χ2v) is 9.68. The number of hydrogen-bond donors (Lipinski definition) is 3. The van der Waals surface area contributed by atoms with Gasteiger partial charge in [0.1, 0.15) is 12.4 Å². The molecule has 4 N–H and O–H groups in total. The Kier molecular flexibility index (Phi) is 7.73. The van der Waals surface area contributed by atoms with Crippen LogP contribution in [0.25, 0.3) is 0 Å². The van der Waals surface area contributed by atoms with Crippen molar-refractivity contribution in [2.45, 2.75) is 45.1 Å². The summed E-state index contributed by atoms with van der Waals surface area (Å²) in [5.41, 5.74) is 9.95. The van der Waals surface area contributed by atoms with Crippen molar-refractivity contribution in [3.8, 4) is 5.75 Å². The van der Waals surface area contributed by atoms with Gasteiger partial charge in [-0.3, -0.25) is 9.59 Å². The molecule has 10 heteroatoms. The van der Waals surface area contributed by atoms with Crippen LogP contribution >= 0.6 is 0 Å². The van der Waals surface area contributed by atoms with Crippen LogP contribution in [0, 0.1) is 6.92 Å². The molecule has 2 aromatic carbocycles. The normalized spacial score (nSPS) is 18.1. The summed E-state index contributed by atoms with van der Waals surface area (Å²) in [5.74, 6) is 0.706. The van der Waals surface area contributed by atoms with Crippen LogP contribution in [0.4, 0.5) is 0 Å². The van der Waals surface area contributed by atoms with Crippen LogP contribution in [0.5, 0.6) is 5.75 Å². The summed E-state index contributed by atoms with van der Waals surface area (Å²) in [6.07, 6.45) is 1.41. The number of hydrogen-bond acceptors (Lipinski definition) is 8. The Bertz CT molecular complexity index is 1320. The molecule has 10 nitrogen and oxygen atoms in total. The molecule has 0 aliphatic carbocycles. The highest BCUT2D eigenvalue weighted by Crippen LogP contribution is 2.26. The molecule has 1 aromatic heterocycles. The van der Waals surface area contributed by atoms with E-state index in [9.17, 15) is 14.7 Å². The number of oxazole rings is 1. The van der Waals surface area contributed by atoms with Crippen molar-refractivity contribution >= 4 is 11.8 Å². The number of rotatable bonds is 8. The number of ether oxygens (including phenoxy) is 2. The number of nitrogens with zero attached hydrogens (tertiary/aromatic N) is 2. The van der Waals surface area contributed by atoms with Crippen molar-refractivity contribution in [1.82, 2.24) is 15.2 Å². The second kappa shape index (κ2) is 11.3. The smallest absolute Gasteiger partial charge is 0.254 e. The topological polar surface area (TPSA) is 140 Å². The predicted octanol–water partition coefficient (Wildman–Crippen LogP) is 1.75. The third-order valence-electron chi connectivity index (χ3n) is 7.20. The van der Waals surface area contributed by atoms with Gasteiger partial charge in [-0.05, 0) is 60.4 Å². The molecular formula is C28H32N4O6. The van der Waals surface area contributed by atoms with Crippen LogP contribution in [-0.4, -0.2) is 65.3 Å². The Morgan fingerprint density at radius 1 is 1.21 bits per heavy atom. The number of carbonyl (C=O) groups is 2. The number of nitrogens with one attached hydrogen (secondary N) is 1. The molecule has 3 heterocycles. The molecule has 1 fully saturated rings. The number of carbonyl (C=O) groups excluding carboxylic acids is 2. The molecule has 2 amide bonds. The highest BCUT2D eigenvalue weighted by atomic mass is 16.5. The first-order chi connectivity index (χ1) is 18.4. The van der Waals surface area contributed by atoms with Gasteiger partial charge in [0.15, 0.2) is 12.2 Å². The van der Waals surface area contributed by atoms with E-state index in [1.165, 1.54) is 6.39 Å². The number of nitrogens with two attached hydrogens (primary N) is 1. The predicted molar refractivity (Wildman–Crippen MR) is 138 cm³/mol. The summed E-state index contributed by atoms with van der Waals surface area (Å²) in [6.45, 7) is 4.77. The Labute approximate surface area is 220 Å². The lowest BCUT2D eigenvalue weighted by atomic mass is 9.89. The molecule has 2 aliphatic heterocycles. The zero-order valence-corrected chi connectivity index (χ0v) is 21.3. The first kappa shape index (κ1) is 25.9. The third-order valence-corrected chi connectivity index (χ3v) is 7.20. The maximum Gasteiger partial charge on any atom is 0.254 e. The summed E-state index contributed by atoms with van der Waals surface area (Å²) >= 11 is 0. The molecule has 0 spiro atoms. The highest BCUT2D eigenvalue weighted by Gasteiger charge is 2.27. The number of primary amides is 1. The number of aliphatic hydroxyl groups is 1. The number of amides is 2. The fourth-order valence-electron chi connectivity index (χ4n) is 4.94. The van der Waals surface area contributed by atoms with E-state index in [0.717, 1.165) is 22.6 Å². The first-order valence-electron chi connectivity index (χ1n) is 12.7. The van der Waals surface area contributed by atoms with Crippen LogP contribution in [0.15, 0.2) is 47.2 Å².